The molecule has 0 radical (unpaired) electrons. The van der Waals surface area contributed by atoms with E-state index in [0.29, 0.717) is 23.9 Å². The lowest BCUT2D eigenvalue weighted by atomic mass is 9.61. The fraction of sp³-hybridized carbons (Fsp3) is 0.731. The quantitative estimate of drug-likeness (QED) is 0.230. The number of aliphatic imine (C=N–C) groups is 1. The van der Waals surface area contributed by atoms with Crippen molar-refractivity contribution in [3.8, 4) is 0 Å². The molecule has 0 aromatic carbocycles. The Kier molecular flexibility index (Phi) is 9.05. The van der Waals surface area contributed by atoms with Crippen molar-refractivity contribution < 1.29 is 4.74 Å². The molecule has 0 N–H and O–H groups in total. The molecule has 5 atom stereocenters. The zero-order chi connectivity index (χ0) is 20.6. The third-order valence-corrected chi connectivity index (χ3v) is 7.36. The average molecular weight is 386 g/mol. The third kappa shape index (κ3) is 5.19. The van der Waals surface area contributed by atoms with Gasteiger partial charge in [0.2, 0.25) is 0 Å². The maximum atomic E-state index is 5.79. The molecule has 2 nitrogen and oxygen atoms in total. The summed E-state index contributed by atoms with van der Waals surface area (Å²) in [5.41, 5.74) is 2.12. The van der Waals surface area contributed by atoms with E-state index in [-0.39, 0.29) is 0 Å². The van der Waals surface area contributed by atoms with E-state index in [4.69, 9.17) is 4.74 Å². The van der Waals surface area contributed by atoms with E-state index < -0.39 is 0 Å². The Morgan fingerprint density at radius 2 is 2.14 bits per heavy atom. The van der Waals surface area contributed by atoms with Crippen molar-refractivity contribution in [1.29, 1.82) is 0 Å². The Balaban J connectivity index is 2.04. The Morgan fingerprint density at radius 1 is 1.36 bits per heavy atom. The van der Waals surface area contributed by atoms with Crippen molar-refractivity contribution in [1.82, 2.24) is 0 Å². The minimum absolute atomic E-state index is 0.419. The smallest absolute Gasteiger partial charge is 0.186 e. The number of hydrogen-bond donors (Lipinski definition) is 0. The summed E-state index contributed by atoms with van der Waals surface area (Å²) in [4.78, 5) is 4.41. The molecule has 0 aromatic heterocycles. The lowest BCUT2D eigenvalue weighted by molar-refractivity contribution is 0.112. The van der Waals surface area contributed by atoms with E-state index >= 15 is 0 Å². The normalized spacial score (nSPS) is 31.8. The number of fused-ring (bicyclic) bond motifs is 1. The van der Waals surface area contributed by atoms with Gasteiger partial charge in [0.05, 0.1) is 6.61 Å². The molecule has 0 aliphatic heterocycles. The SMILES string of the molecule is C=C/C=C1\CCCC2(C)C1CC[C@@H]2[C@H](C)/C=C/CC(CCC)C(=NC)OCC. The summed E-state index contributed by atoms with van der Waals surface area (Å²) >= 11 is 0. The maximum Gasteiger partial charge on any atom is 0.186 e. The Hall–Kier alpha value is -1.31. The molecule has 158 valence electrons. The molecular weight excluding hydrogens is 342 g/mol. The van der Waals surface area contributed by atoms with Gasteiger partial charge in [-0.2, -0.15) is 0 Å². The Bertz CT molecular complexity index is 587. The van der Waals surface area contributed by atoms with Crippen LogP contribution >= 0.6 is 0 Å². The van der Waals surface area contributed by atoms with Gasteiger partial charge in [0, 0.05) is 13.0 Å². The summed E-state index contributed by atoms with van der Waals surface area (Å²) in [6.07, 6.45) is 19.3. The van der Waals surface area contributed by atoms with E-state index in [1.165, 1.54) is 38.5 Å². The van der Waals surface area contributed by atoms with Crippen molar-refractivity contribution in [2.24, 2.45) is 34.1 Å². The van der Waals surface area contributed by atoms with E-state index in [0.717, 1.165) is 30.6 Å². The minimum atomic E-state index is 0.419. The fourth-order valence-corrected chi connectivity index (χ4v) is 6.09. The molecule has 2 fully saturated rings. The zero-order valence-electron chi connectivity index (χ0n) is 19.0. The highest BCUT2D eigenvalue weighted by Gasteiger charge is 2.50. The van der Waals surface area contributed by atoms with Gasteiger partial charge in [-0.05, 0) is 75.0 Å². The highest BCUT2D eigenvalue weighted by atomic mass is 16.5. The van der Waals surface area contributed by atoms with Crippen molar-refractivity contribution in [2.75, 3.05) is 13.7 Å². The number of nitrogens with zero attached hydrogens (tertiary/aromatic N) is 1. The second-order valence-electron chi connectivity index (χ2n) is 9.08. The van der Waals surface area contributed by atoms with Crippen LogP contribution in [-0.2, 0) is 4.74 Å². The van der Waals surface area contributed by atoms with Crippen LogP contribution in [0.1, 0.15) is 79.1 Å². The van der Waals surface area contributed by atoms with Gasteiger partial charge in [0.25, 0.3) is 0 Å². The largest absolute Gasteiger partial charge is 0.481 e. The van der Waals surface area contributed by atoms with Crippen LogP contribution in [0, 0.1) is 29.1 Å². The van der Waals surface area contributed by atoms with E-state index in [1.807, 2.05) is 20.0 Å². The zero-order valence-corrected chi connectivity index (χ0v) is 19.0. The van der Waals surface area contributed by atoms with Crippen LogP contribution in [0.4, 0.5) is 0 Å². The Morgan fingerprint density at radius 3 is 2.79 bits per heavy atom. The summed E-state index contributed by atoms with van der Waals surface area (Å²) in [6.45, 7) is 13.9. The lowest BCUT2D eigenvalue weighted by Gasteiger charge is -2.44. The number of rotatable bonds is 9. The van der Waals surface area contributed by atoms with Crippen LogP contribution in [-0.4, -0.2) is 19.6 Å². The molecule has 28 heavy (non-hydrogen) atoms. The van der Waals surface area contributed by atoms with Crippen LogP contribution in [0.3, 0.4) is 0 Å². The first-order valence-electron chi connectivity index (χ1n) is 11.6. The third-order valence-electron chi connectivity index (χ3n) is 7.36. The second kappa shape index (κ2) is 11.0. The molecule has 0 heterocycles. The van der Waals surface area contributed by atoms with Gasteiger partial charge in [0.1, 0.15) is 0 Å². The maximum absolute atomic E-state index is 5.79. The Labute approximate surface area is 174 Å². The number of ether oxygens (including phenoxy) is 1. The molecule has 2 rings (SSSR count). The van der Waals surface area contributed by atoms with Gasteiger partial charge >= 0.3 is 0 Å². The summed E-state index contributed by atoms with van der Waals surface area (Å²) in [7, 11) is 1.86. The predicted octanol–water partition coefficient (Wildman–Crippen LogP) is 7.38. The summed E-state index contributed by atoms with van der Waals surface area (Å²) in [6, 6.07) is 0. The molecule has 0 amide bonds. The first kappa shape index (κ1) is 23.0. The van der Waals surface area contributed by atoms with Gasteiger partial charge in [-0.25, -0.2) is 0 Å². The van der Waals surface area contributed by atoms with Gasteiger partial charge in [-0.1, -0.05) is 63.6 Å². The minimum Gasteiger partial charge on any atom is -0.481 e. The van der Waals surface area contributed by atoms with Gasteiger partial charge in [-0.15, -0.1) is 0 Å². The first-order valence-corrected chi connectivity index (χ1v) is 11.6. The van der Waals surface area contributed by atoms with Crippen molar-refractivity contribution in [3.63, 3.8) is 0 Å². The molecule has 0 saturated heterocycles. The average Bonchev–Trinajstić information content (AvgIpc) is 3.03. The second-order valence-corrected chi connectivity index (χ2v) is 9.08. The van der Waals surface area contributed by atoms with Crippen molar-refractivity contribution in [3.05, 3.63) is 36.5 Å². The van der Waals surface area contributed by atoms with Gasteiger partial charge in [-0.3, -0.25) is 4.99 Å². The highest BCUT2D eigenvalue weighted by Crippen LogP contribution is 2.59. The molecule has 2 aliphatic rings. The highest BCUT2D eigenvalue weighted by molar-refractivity contribution is 5.78. The van der Waals surface area contributed by atoms with Gasteiger partial charge in [0.15, 0.2) is 5.90 Å². The molecule has 2 heteroatoms. The topological polar surface area (TPSA) is 21.6 Å². The van der Waals surface area contributed by atoms with Crippen LogP contribution in [0.2, 0.25) is 0 Å². The first-order chi connectivity index (χ1) is 13.5. The molecule has 0 bridgehead atoms. The standard InChI is InChI=1S/C26H43NO/c1-7-12-21-16-11-19-26(5)23(17-18-24(21)26)20(4)14-10-15-22(13-8-2)25(27-6)28-9-3/h7,10,12,14,20,22-24H,1,8-9,11,13,15-19H2,2-6H3/b14-10+,21-12+,27-25?/t20-,22?,23-,24?,26?/m1/s1. The fourth-order valence-electron chi connectivity index (χ4n) is 6.09. The van der Waals surface area contributed by atoms with E-state index in [9.17, 15) is 0 Å². The van der Waals surface area contributed by atoms with Crippen molar-refractivity contribution >= 4 is 5.90 Å². The van der Waals surface area contributed by atoms with E-state index in [1.54, 1.807) is 5.57 Å². The monoisotopic (exact) mass is 385 g/mol. The van der Waals surface area contributed by atoms with Crippen LogP contribution < -0.4 is 0 Å². The van der Waals surface area contributed by atoms with Crippen LogP contribution in [0.5, 0.6) is 0 Å². The van der Waals surface area contributed by atoms with Crippen LogP contribution in [0.25, 0.3) is 0 Å². The molecular formula is C26H43NO. The summed E-state index contributed by atoms with van der Waals surface area (Å²) < 4.78 is 5.79. The summed E-state index contributed by atoms with van der Waals surface area (Å²) in [5, 5.41) is 0. The lowest BCUT2D eigenvalue weighted by Crippen LogP contribution is -2.35. The molecule has 2 aliphatic carbocycles. The van der Waals surface area contributed by atoms with Crippen LogP contribution in [0.15, 0.2) is 41.4 Å². The summed E-state index contributed by atoms with van der Waals surface area (Å²) in [5.74, 6) is 3.54. The predicted molar refractivity (Wildman–Crippen MR) is 123 cm³/mol. The molecule has 0 aromatic rings. The van der Waals surface area contributed by atoms with E-state index in [2.05, 4.69) is 50.6 Å². The van der Waals surface area contributed by atoms with Gasteiger partial charge < -0.3 is 4.74 Å². The molecule has 3 unspecified atom stereocenters. The molecule has 2 saturated carbocycles. The van der Waals surface area contributed by atoms with Crippen molar-refractivity contribution in [2.45, 2.75) is 79.1 Å². The number of allylic oxidation sites excluding steroid dienone is 5. The number of hydrogen-bond acceptors (Lipinski definition) is 2. The molecule has 0 spiro atoms.